The van der Waals surface area contributed by atoms with Crippen LogP contribution in [0.2, 0.25) is 0 Å². The zero-order chi connectivity index (χ0) is 24.1. The van der Waals surface area contributed by atoms with Crippen molar-refractivity contribution in [3.8, 4) is 23.0 Å². The van der Waals surface area contributed by atoms with E-state index < -0.39 is 11.5 Å². The number of aryl methyl sites for hydroxylation is 1. The predicted molar refractivity (Wildman–Crippen MR) is 126 cm³/mol. The lowest BCUT2D eigenvalue weighted by Crippen LogP contribution is -2.30. The quantitative estimate of drug-likeness (QED) is 0.368. The van der Waals surface area contributed by atoms with Crippen molar-refractivity contribution < 1.29 is 9.18 Å². The van der Waals surface area contributed by atoms with Gasteiger partial charge in [0.25, 0.3) is 11.5 Å². The first-order valence-electron chi connectivity index (χ1n) is 10.6. The largest absolute Gasteiger partial charge is 0.382 e. The van der Waals surface area contributed by atoms with Gasteiger partial charge in [0.15, 0.2) is 0 Å². The minimum Gasteiger partial charge on any atom is -0.382 e. The van der Waals surface area contributed by atoms with Crippen LogP contribution in [0.1, 0.15) is 28.0 Å². The monoisotopic (exact) mass is 456 g/mol. The Morgan fingerprint density at radius 2 is 1.85 bits per heavy atom. The summed E-state index contributed by atoms with van der Waals surface area (Å²) in [5.41, 5.74) is 8.32. The molecular weight excluding hydrogens is 435 g/mol. The van der Waals surface area contributed by atoms with Gasteiger partial charge in [0, 0.05) is 12.2 Å². The van der Waals surface area contributed by atoms with Gasteiger partial charge in [-0.15, -0.1) is 0 Å². The molecule has 2 heterocycles. The topological polar surface area (TPSA) is 130 Å². The van der Waals surface area contributed by atoms with E-state index in [1.165, 1.54) is 35.0 Å². The molecule has 0 atom stereocenters. The molecule has 0 spiro atoms. The number of nitrogens with one attached hydrogen (secondary N) is 2. The molecule has 0 fully saturated rings. The van der Waals surface area contributed by atoms with Crippen molar-refractivity contribution in [2.75, 3.05) is 12.3 Å². The third-order valence-corrected chi connectivity index (χ3v) is 5.29. The third kappa shape index (κ3) is 4.71. The molecule has 0 aliphatic carbocycles. The molecule has 4 aromatic rings. The number of hydrogen-bond acceptors (Lipinski definition) is 5. The highest BCUT2D eigenvalue weighted by Crippen LogP contribution is 2.21. The number of H-pyrrole nitrogens is 1. The summed E-state index contributed by atoms with van der Waals surface area (Å²) in [6.45, 7) is 0.271. The molecule has 1 amide bonds. The van der Waals surface area contributed by atoms with Crippen molar-refractivity contribution in [1.29, 1.82) is 5.26 Å². The lowest BCUT2D eigenvalue weighted by molar-refractivity contribution is 0.0951. The van der Waals surface area contributed by atoms with Crippen molar-refractivity contribution in [1.82, 2.24) is 20.1 Å². The van der Waals surface area contributed by atoms with Gasteiger partial charge in [-0.25, -0.2) is 9.07 Å². The van der Waals surface area contributed by atoms with Crippen molar-refractivity contribution in [2.45, 2.75) is 12.8 Å². The predicted octanol–water partition coefficient (Wildman–Crippen LogP) is 3.18. The van der Waals surface area contributed by atoms with Gasteiger partial charge < -0.3 is 16.0 Å². The summed E-state index contributed by atoms with van der Waals surface area (Å²) >= 11 is 0. The molecule has 0 radical (unpaired) electrons. The number of carbonyl (C=O) groups is 1. The first-order valence-corrected chi connectivity index (χ1v) is 10.6. The maximum absolute atomic E-state index is 13.2. The van der Waals surface area contributed by atoms with Crippen molar-refractivity contribution in [2.24, 2.45) is 0 Å². The number of aromatic nitrogens is 3. The van der Waals surface area contributed by atoms with Crippen LogP contribution in [-0.2, 0) is 6.42 Å². The fraction of sp³-hybridized carbons (Fsp3) is 0.120. The number of nitrogens with zero attached hydrogens (tertiary/aromatic N) is 3. The van der Waals surface area contributed by atoms with Gasteiger partial charge in [-0.2, -0.15) is 10.4 Å². The maximum Gasteiger partial charge on any atom is 0.261 e. The molecule has 0 saturated heterocycles. The second-order valence-electron chi connectivity index (χ2n) is 7.55. The molecule has 0 aliphatic rings. The third-order valence-electron chi connectivity index (χ3n) is 5.29. The van der Waals surface area contributed by atoms with Gasteiger partial charge in [-0.05, 0) is 54.8 Å². The highest BCUT2D eigenvalue weighted by atomic mass is 19.1. The van der Waals surface area contributed by atoms with Crippen molar-refractivity contribution in [3.63, 3.8) is 0 Å². The van der Waals surface area contributed by atoms with E-state index in [-0.39, 0.29) is 29.3 Å². The van der Waals surface area contributed by atoms with Gasteiger partial charge in [-0.3, -0.25) is 9.59 Å². The molecule has 2 aromatic heterocycles. The van der Waals surface area contributed by atoms with E-state index in [1.807, 2.05) is 30.3 Å². The maximum atomic E-state index is 13.2. The van der Waals surface area contributed by atoms with E-state index >= 15 is 0 Å². The number of benzene rings is 2. The summed E-state index contributed by atoms with van der Waals surface area (Å²) < 4.78 is 14.6. The first kappa shape index (κ1) is 22.5. The van der Waals surface area contributed by atoms with Crippen molar-refractivity contribution >= 4 is 11.7 Å². The highest BCUT2D eigenvalue weighted by molar-refractivity contribution is 5.94. The standard InChI is InChI=1S/C25H21FN6O2/c26-17-8-10-18(11-9-17)32-23(28)20(15-27)22(31-32)7-4-14-29-24(33)19-12-13-21(30-25(19)34)16-5-2-1-3-6-16/h1-3,5-6,8-13H,4,7,14,28H2,(H,29,33)(H,30,34). The molecule has 34 heavy (non-hydrogen) atoms. The van der Waals surface area contributed by atoms with Gasteiger partial charge >= 0.3 is 0 Å². The van der Waals surface area contributed by atoms with E-state index in [0.717, 1.165) is 5.56 Å². The summed E-state index contributed by atoms with van der Waals surface area (Å²) in [4.78, 5) is 27.6. The second kappa shape index (κ2) is 9.83. The fourth-order valence-corrected chi connectivity index (χ4v) is 3.55. The number of nitriles is 1. The summed E-state index contributed by atoms with van der Waals surface area (Å²) in [7, 11) is 0. The molecule has 4 rings (SSSR count). The van der Waals surface area contributed by atoms with Crippen LogP contribution >= 0.6 is 0 Å². The number of amides is 1. The average molecular weight is 456 g/mol. The fourth-order valence-electron chi connectivity index (χ4n) is 3.55. The van der Waals surface area contributed by atoms with E-state index in [9.17, 15) is 19.2 Å². The summed E-state index contributed by atoms with van der Waals surface area (Å²) in [5, 5.41) is 16.6. The van der Waals surface area contributed by atoms with Crippen LogP contribution in [0, 0.1) is 17.1 Å². The highest BCUT2D eigenvalue weighted by Gasteiger charge is 2.17. The molecule has 170 valence electrons. The van der Waals surface area contributed by atoms with Crippen LogP contribution in [0.5, 0.6) is 0 Å². The minimum absolute atomic E-state index is 0.0160. The SMILES string of the molecule is N#Cc1c(CCCNC(=O)c2ccc(-c3ccccc3)[nH]c2=O)nn(-c2ccc(F)cc2)c1N. The first-order chi connectivity index (χ1) is 16.5. The van der Waals surface area contributed by atoms with Crippen molar-refractivity contribution in [3.05, 3.63) is 99.7 Å². The van der Waals surface area contributed by atoms with Crippen LogP contribution < -0.4 is 16.6 Å². The van der Waals surface area contributed by atoms with Gasteiger partial charge in [0.1, 0.15) is 28.8 Å². The Labute approximate surface area is 194 Å². The lowest BCUT2D eigenvalue weighted by Gasteiger charge is -2.06. The Morgan fingerprint density at radius 3 is 2.53 bits per heavy atom. The molecule has 9 heteroatoms. The van der Waals surface area contributed by atoms with Gasteiger partial charge in [0.2, 0.25) is 0 Å². The molecule has 0 aliphatic heterocycles. The summed E-state index contributed by atoms with van der Waals surface area (Å²) in [6.07, 6.45) is 0.852. The van der Waals surface area contributed by atoms with Gasteiger partial charge in [-0.1, -0.05) is 30.3 Å². The zero-order valence-corrected chi connectivity index (χ0v) is 18.1. The number of pyridine rings is 1. The molecule has 0 unspecified atom stereocenters. The molecule has 0 saturated carbocycles. The Morgan fingerprint density at radius 1 is 1.12 bits per heavy atom. The van der Waals surface area contributed by atoms with Crippen LogP contribution in [0.15, 0.2) is 71.5 Å². The molecule has 2 aromatic carbocycles. The smallest absolute Gasteiger partial charge is 0.261 e. The summed E-state index contributed by atoms with van der Waals surface area (Å²) in [6, 6.07) is 20.2. The number of anilines is 1. The molecule has 4 N–H and O–H groups in total. The number of halogens is 1. The van der Waals surface area contributed by atoms with E-state index in [4.69, 9.17) is 5.73 Å². The number of nitrogens with two attached hydrogens (primary N) is 1. The second-order valence-corrected chi connectivity index (χ2v) is 7.55. The molecule has 0 bridgehead atoms. The number of carbonyl (C=O) groups excluding carboxylic acids is 1. The summed E-state index contributed by atoms with van der Waals surface area (Å²) in [5.74, 6) is -0.713. The number of aromatic amines is 1. The van der Waals surface area contributed by atoms with E-state index in [2.05, 4.69) is 21.5 Å². The van der Waals surface area contributed by atoms with E-state index in [1.54, 1.807) is 6.07 Å². The normalized spacial score (nSPS) is 10.6. The Kier molecular flexibility index (Phi) is 6.50. The van der Waals surface area contributed by atoms with Crippen LogP contribution in [0.25, 0.3) is 16.9 Å². The Bertz CT molecular complexity index is 1420. The zero-order valence-electron chi connectivity index (χ0n) is 18.1. The average Bonchev–Trinajstić information content (AvgIpc) is 3.17. The Hall–Kier alpha value is -4.71. The Balaban J connectivity index is 1.39. The molecule has 8 nitrogen and oxygen atoms in total. The number of nitrogen functional groups attached to an aromatic ring is 1. The molecular formula is C25H21FN6O2. The van der Waals surface area contributed by atoms with Crippen LogP contribution in [0.3, 0.4) is 0 Å². The minimum atomic E-state index is -0.488. The van der Waals surface area contributed by atoms with Gasteiger partial charge in [0.05, 0.1) is 11.4 Å². The van der Waals surface area contributed by atoms with Crippen LogP contribution in [-0.4, -0.2) is 27.2 Å². The lowest BCUT2D eigenvalue weighted by atomic mass is 10.1. The number of hydrogen-bond donors (Lipinski definition) is 3. The van der Waals surface area contributed by atoms with E-state index in [0.29, 0.717) is 29.9 Å². The van der Waals surface area contributed by atoms with Crippen LogP contribution in [0.4, 0.5) is 10.2 Å². The number of rotatable bonds is 7.